The van der Waals surface area contributed by atoms with Crippen LogP contribution in [0.5, 0.6) is 5.75 Å². The van der Waals surface area contributed by atoms with Crippen LogP contribution < -0.4 is 4.74 Å². The molecule has 2 aromatic rings. The molecule has 1 aromatic carbocycles. The van der Waals surface area contributed by atoms with Gasteiger partial charge in [-0.25, -0.2) is 9.37 Å². The molecule has 1 aliphatic rings. The van der Waals surface area contributed by atoms with E-state index in [4.69, 9.17) is 9.47 Å². The smallest absolute Gasteiger partial charge is 0.169 e. The van der Waals surface area contributed by atoms with E-state index in [1.165, 1.54) is 7.11 Å². The summed E-state index contributed by atoms with van der Waals surface area (Å²) in [5.41, 5.74) is 1.69. The van der Waals surface area contributed by atoms with Crippen molar-refractivity contribution < 1.29 is 13.9 Å². The van der Waals surface area contributed by atoms with E-state index < -0.39 is 0 Å². The fourth-order valence-electron chi connectivity index (χ4n) is 3.05. The van der Waals surface area contributed by atoms with Gasteiger partial charge in [0.1, 0.15) is 11.9 Å². The van der Waals surface area contributed by atoms with Crippen molar-refractivity contribution in [3.05, 3.63) is 47.3 Å². The number of hydrogen-bond donors (Lipinski definition) is 1. The van der Waals surface area contributed by atoms with Crippen LogP contribution in [0.1, 0.15) is 23.2 Å². The molecule has 2 heterocycles. The third-order valence-corrected chi connectivity index (χ3v) is 4.25. The van der Waals surface area contributed by atoms with Crippen LogP contribution in [-0.4, -0.2) is 60.7 Å². The molecule has 0 aliphatic carbocycles. The Morgan fingerprint density at radius 3 is 3.04 bits per heavy atom. The summed E-state index contributed by atoms with van der Waals surface area (Å²) < 4.78 is 25.3. The second-order valence-electron chi connectivity index (χ2n) is 6.56. The van der Waals surface area contributed by atoms with Gasteiger partial charge >= 0.3 is 0 Å². The lowest BCUT2D eigenvalue weighted by atomic mass is 10.1. The highest BCUT2D eigenvalue weighted by Crippen LogP contribution is 2.25. The summed E-state index contributed by atoms with van der Waals surface area (Å²) in [6.45, 7) is 3.36. The summed E-state index contributed by atoms with van der Waals surface area (Å²) in [7, 11) is 5.51. The molecule has 3 rings (SSSR count). The van der Waals surface area contributed by atoms with E-state index in [9.17, 15) is 4.39 Å². The van der Waals surface area contributed by atoms with Crippen LogP contribution in [0.2, 0.25) is 0 Å². The zero-order valence-corrected chi connectivity index (χ0v) is 15.0. The predicted octanol–water partition coefficient (Wildman–Crippen LogP) is 2.19. The van der Waals surface area contributed by atoms with E-state index in [1.54, 1.807) is 12.1 Å². The van der Waals surface area contributed by atoms with Crippen LogP contribution in [0, 0.1) is 5.82 Å². The normalized spacial score (nSPS) is 18.7. The lowest BCUT2D eigenvalue weighted by Gasteiger charge is -2.32. The molecule has 0 amide bonds. The van der Waals surface area contributed by atoms with Gasteiger partial charge in [-0.1, -0.05) is 12.1 Å². The molecular formula is C18H25FN4O2. The van der Waals surface area contributed by atoms with Gasteiger partial charge in [0.05, 0.1) is 13.7 Å². The van der Waals surface area contributed by atoms with Crippen molar-refractivity contribution in [3.63, 3.8) is 0 Å². The standard InChI is InChI=1S/C18H25FN4O2/c1-22(2)11-14-9-20-18(21-14)16-12-23(7-8-25-16)10-13-5-4-6-15(24-3)17(13)19/h4-6,9,16H,7-8,10-12H2,1-3H3,(H,20,21)/t16-/m1/s1. The number of halogens is 1. The highest BCUT2D eigenvalue weighted by molar-refractivity contribution is 5.31. The molecule has 1 aliphatic heterocycles. The lowest BCUT2D eigenvalue weighted by molar-refractivity contribution is -0.0372. The van der Waals surface area contributed by atoms with Crippen molar-refractivity contribution in [2.45, 2.75) is 19.2 Å². The zero-order valence-electron chi connectivity index (χ0n) is 15.0. The van der Waals surface area contributed by atoms with Crippen molar-refractivity contribution in [3.8, 4) is 5.75 Å². The minimum atomic E-state index is -0.292. The number of nitrogens with zero attached hydrogens (tertiary/aromatic N) is 3. The highest BCUT2D eigenvalue weighted by Gasteiger charge is 2.25. The monoisotopic (exact) mass is 348 g/mol. The van der Waals surface area contributed by atoms with E-state index in [0.29, 0.717) is 25.3 Å². The number of ether oxygens (including phenoxy) is 2. The number of H-pyrrole nitrogens is 1. The fraction of sp³-hybridized carbons (Fsp3) is 0.500. The van der Waals surface area contributed by atoms with E-state index in [-0.39, 0.29) is 17.7 Å². The van der Waals surface area contributed by atoms with Crippen molar-refractivity contribution in [2.24, 2.45) is 0 Å². The first-order chi connectivity index (χ1) is 12.1. The number of morpholine rings is 1. The summed E-state index contributed by atoms with van der Waals surface area (Å²) >= 11 is 0. The SMILES string of the molecule is COc1cccc(CN2CCO[C@@H](c3ncc(CN(C)C)[nH]3)C2)c1F. The topological polar surface area (TPSA) is 53.6 Å². The van der Waals surface area contributed by atoms with Crippen molar-refractivity contribution in [1.29, 1.82) is 0 Å². The van der Waals surface area contributed by atoms with Crippen LogP contribution >= 0.6 is 0 Å². The first kappa shape index (κ1) is 17.8. The molecular weight excluding hydrogens is 323 g/mol. The maximum Gasteiger partial charge on any atom is 0.169 e. The Kier molecular flexibility index (Phi) is 5.67. The van der Waals surface area contributed by atoms with Gasteiger partial charge in [0.2, 0.25) is 0 Å². The average molecular weight is 348 g/mol. The van der Waals surface area contributed by atoms with Crippen molar-refractivity contribution in [2.75, 3.05) is 40.9 Å². The third-order valence-electron chi connectivity index (χ3n) is 4.25. The van der Waals surface area contributed by atoms with Crippen LogP contribution in [0.15, 0.2) is 24.4 Å². The molecule has 1 saturated heterocycles. The lowest BCUT2D eigenvalue weighted by Crippen LogP contribution is -2.38. The van der Waals surface area contributed by atoms with Crippen molar-refractivity contribution >= 4 is 0 Å². The summed E-state index contributed by atoms with van der Waals surface area (Å²) in [4.78, 5) is 12.0. The van der Waals surface area contributed by atoms with Gasteiger partial charge in [-0.3, -0.25) is 4.90 Å². The maximum atomic E-state index is 14.4. The number of rotatable bonds is 6. The Morgan fingerprint density at radius 2 is 2.28 bits per heavy atom. The average Bonchev–Trinajstić information content (AvgIpc) is 3.05. The second kappa shape index (κ2) is 7.95. The fourth-order valence-corrected chi connectivity index (χ4v) is 3.05. The van der Waals surface area contributed by atoms with Gasteiger partial charge in [0, 0.05) is 43.6 Å². The summed E-state index contributed by atoms with van der Waals surface area (Å²) in [5.74, 6) is 0.814. The summed E-state index contributed by atoms with van der Waals surface area (Å²) in [6.07, 6.45) is 1.72. The van der Waals surface area contributed by atoms with Crippen LogP contribution in [0.4, 0.5) is 4.39 Å². The Balaban J connectivity index is 1.66. The predicted molar refractivity (Wildman–Crippen MR) is 92.9 cm³/mol. The molecule has 1 N–H and O–H groups in total. The molecule has 0 radical (unpaired) electrons. The largest absolute Gasteiger partial charge is 0.494 e. The number of aromatic nitrogens is 2. The van der Waals surface area contributed by atoms with Gasteiger partial charge in [-0.05, 0) is 20.2 Å². The Hall–Kier alpha value is -1.96. The molecule has 7 heteroatoms. The molecule has 1 aromatic heterocycles. The minimum Gasteiger partial charge on any atom is -0.494 e. The van der Waals surface area contributed by atoms with Crippen molar-refractivity contribution in [1.82, 2.24) is 19.8 Å². The number of benzene rings is 1. The molecule has 0 unspecified atom stereocenters. The number of imidazole rings is 1. The molecule has 0 bridgehead atoms. The van der Waals surface area contributed by atoms with Crippen LogP contribution in [0.25, 0.3) is 0 Å². The van der Waals surface area contributed by atoms with E-state index in [1.807, 2.05) is 26.4 Å². The van der Waals surface area contributed by atoms with Gasteiger partial charge < -0.3 is 19.4 Å². The first-order valence-corrected chi connectivity index (χ1v) is 8.40. The maximum absolute atomic E-state index is 14.4. The summed E-state index contributed by atoms with van der Waals surface area (Å²) in [5, 5.41) is 0. The highest BCUT2D eigenvalue weighted by atomic mass is 19.1. The van der Waals surface area contributed by atoms with E-state index in [2.05, 4.69) is 19.8 Å². The first-order valence-electron chi connectivity index (χ1n) is 8.40. The van der Waals surface area contributed by atoms with Crippen LogP contribution in [0.3, 0.4) is 0 Å². The van der Waals surface area contributed by atoms with Gasteiger partial charge in [-0.15, -0.1) is 0 Å². The molecule has 136 valence electrons. The van der Waals surface area contributed by atoms with Gasteiger partial charge in [-0.2, -0.15) is 0 Å². The zero-order chi connectivity index (χ0) is 17.8. The minimum absolute atomic E-state index is 0.127. The van der Waals surface area contributed by atoms with E-state index in [0.717, 1.165) is 24.6 Å². The van der Waals surface area contributed by atoms with E-state index >= 15 is 0 Å². The molecule has 0 spiro atoms. The number of hydrogen-bond acceptors (Lipinski definition) is 5. The van der Waals surface area contributed by atoms with Gasteiger partial charge in [0.25, 0.3) is 0 Å². The molecule has 1 fully saturated rings. The summed E-state index contributed by atoms with van der Waals surface area (Å²) in [6, 6.07) is 5.25. The Labute approximate surface area is 147 Å². The number of methoxy groups -OCH3 is 1. The Bertz CT molecular complexity index is 704. The quantitative estimate of drug-likeness (QED) is 0.867. The number of aromatic amines is 1. The molecule has 6 nitrogen and oxygen atoms in total. The number of nitrogens with one attached hydrogen (secondary N) is 1. The second-order valence-corrected chi connectivity index (χ2v) is 6.56. The molecule has 25 heavy (non-hydrogen) atoms. The molecule has 0 saturated carbocycles. The van der Waals surface area contributed by atoms with Crippen LogP contribution in [-0.2, 0) is 17.8 Å². The Morgan fingerprint density at radius 1 is 1.44 bits per heavy atom. The van der Waals surface area contributed by atoms with Gasteiger partial charge in [0.15, 0.2) is 11.6 Å². The third kappa shape index (κ3) is 4.36. The molecule has 1 atom stereocenters.